The Morgan fingerprint density at radius 1 is 0.949 bits per heavy atom. The van der Waals surface area contributed by atoms with Crippen molar-refractivity contribution < 1.29 is 23.1 Å². The number of nitrogens with one attached hydrogen (secondary N) is 1. The molecule has 0 saturated carbocycles. The van der Waals surface area contributed by atoms with Crippen molar-refractivity contribution >= 4 is 44.5 Å². The highest BCUT2D eigenvalue weighted by atomic mass is 79.9. The molecule has 0 aliphatic heterocycles. The first-order valence-corrected chi connectivity index (χ1v) is 14.2. The van der Waals surface area contributed by atoms with E-state index in [1.165, 1.54) is 0 Å². The summed E-state index contributed by atoms with van der Waals surface area (Å²) in [6.07, 6.45) is 1.24. The number of halogens is 1. The minimum absolute atomic E-state index is 0.0219. The number of ether oxygens (including phenoxy) is 1. The van der Waals surface area contributed by atoms with E-state index >= 15 is 0 Å². The van der Waals surface area contributed by atoms with Gasteiger partial charge >= 0.3 is 0 Å². The molecule has 39 heavy (non-hydrogen) atoms. The molecule has 8 nitrogen and oxygen atoms in total. The third kappa shape index (κ3) is 8.27. The third-order valence-electron chi connectivity index (χ3n) is 5.95. The van der Waals surface area contributed by atoms with Crippen LogP contribution in [0, 0.1) is 0 Å². The van der Waals surface area contributed by atoms with E-state index in [-0.39, 0.29) is 31.2 Å². The Morgan fingerprint density at radius 2 is 1.59 bits per heavy atom. The van der Waals surface area contributed by atoms with Gasteiger partial charge in [-0.15, -0.1) is 0 Å². The van der Waals surface area contributed by atoms with Crippen LogP contribution in [-0.4, -0.2) is 43.3 Å². The fourth-order valence-electron chi connectivity index (χ4n) is 3.95. The van der Waals surface area contributed by atoms with Crippen LogP contribution >= 0.6 is 15.9 Å². The maximum Gasteiger partial charge on any atom is 0.259 e. The molecule has 4 rings (SSSR count). The van der Waals surface area contributed by atoms with Crippen molar-refractivity contribution in [1.29, 1.82) is 0 Å². The summed E-state index contributed by atoms with van der Waals surface area (Å²) in [6.45, 7) is 1.67. The minimum atomic E-state index is -2.15. The van der Waals surface area contributed by atoms with E-state index in [4.69, 9.17) is 14.4 Å². The van der Waals surface area contributed by atoms with E-state index in [1.807, 2.05) is 71.4 Å². The van der Waals surface area contributed by atoms with Gasteiger partial charge in [0.15, 0.2) is 11.6 Å². The number of nitrogens with zero attached hydrogens (tertiary/aromatic N) is 2. The lowest BCUT2D eigenvalue weighted by Crippen LogP contribution is -2.15. The summed E-state index contributed by atoms with van der Waals surface area (Å²) in [5.74, 6) is -0.0951. The monoisotopic (exact) mass is 609 g/mol. The normalized spacial score (nSPS) is 11.8. The average Bonchev–Trinajstić information content (AvgIpc) is 3.34. The van der Waals surface area contributed by atoms with Crippen LogP contribution in [0.2, 0.25) is 0 Å². The van der Waals surface area contributed by atoms with Crippen LogP contribution in [0.25, 0.3) is 16.9 Å². The molecule has 0 aliphatic carbocycles. The summed E-state index contributed by atoms with van der Waals surface area (Å²) in [5, 5.41) is 4.87. The van der Waals surface area contributed by atoms with Gasteiger partial charge in [0.2, 0.25) is 0 Å². The molecule has 0 amide bonds. The SMILES string of the molecule is CCC(=O)COCC(=O)Cc1ccc(Cc2cc(-c3ccc(Br)cc3)n(-c3ccc(NS(=O)O)cc3)n2)cc1. The first-order valence-electron chi connectivity index (χ1n) is 12.3. The predicted octanol–water partition coefficient (Wildman–Crippen LogP) is 5.55. The van der Waals surface area contributed by atoms with Crippen molar-refractivity contribution in [3.8, 4) is 16.9 Å². The number of rotatable bonds is 13. The zero-order chi connectivity index (χ0) is 27.8. The summed E-state index contributed by atoms with van der Waals surface area (Å²) < 4.78 is 30.6. The maximum atomic E-state index is 12.2. The van der Waals surface area contributed by atoms with Crippen LogP contribution in [0.4, 0.5) is 5.69 Å². The second-order valence-corrected chi connectivity index (χ2v) is 10.5. The summed E-state index contributed by atoms with van der Waals surface area (Å²) in [6, 6.07) is 25.0. The van der Waals surface area contributed by atoms with Crippen molar-refractivity contribution in [2.45, 2.75) is 26.2 Å². The number of aromatic nitrogens is 2. The van der Waals surface area contributed by atoms with Crippen molar-refractivity contribution in [2.24, 2.45) is 0 Å². The van der Waals surface area contributed by atoms with Gasteiger partial charge in [-0.2, -0.15) is 5.10 Å². The Kier molecular flexibility index (Phi) is 9.94. The van der Waals surface area contributed by atoms with Gasteiger partial charge in [0.1, 0.15) is 13.2 Å². The highest BCUT2D eigenvalue weighted by Crippen LogP contribution is 2.27. The molecular weight excluding hydrogens is 582 g/mol. The first kappa shape index (κ1) is 28.6. The van der Waals surface area contributed by atoms with Gasteiger partial charge in [-0.25, -0.2) is 8.89 Å². The highest BCUT2D eigenvalue weighted by molar-refractivity contribution is 9.10. The number of Topliss-reactive ketones (excluding diaryl/α,β-unsaturated/α-hetero) is 2. The first-order chi connectivity index (χ1) is 18.8. The highest BCUT2D eigenvalue weighted by Gasteiger charge is 2.13. The number of ketones is 2. The molecule has 1 atom stereocenters. The number of carbonyl (C=O) groups excluding carboxylic acids is 2. The van der Waals surface area contributed by atoms with Gasteiger partial charge in [-0.05, 0) is 53.6 Å². The quantitative estimate of drug-likeness (QED) is 0.192. The molecule has 4 aromatic rings. The number of anilines is 1. The minimum Gasteiger partial charge on any atom is -0.366 e. The largest absolute Gasteiger partial charge is 0.366 e. The fraction of sp³-hybridized carbons (Fsp3) is 0.207. The van der Waals surface area contributed by atoms with E-state index < -0.39 is 11.3 Å². The molecule has 0 saturated heterocycles. The van der Waals surface area contributed by atoms with E-state index in [1.54, 1.807) is 19.1 Å². The molecule has 0 aliphatic rings. The summed E-state index contributed by atoms with van der Waals surface area (Å²) in [4.78, 5) is 23.5. The van der Waals surface area contributed by atoms with E-state index in [2.05, 4.69) is 20.7 Å². The second-order valence-electron chi connectivity index (χ2n) is 8.93. The molecule has 1 heterocycles. The number of carbonyl (C=O) groups is 2. The van der Waals surface area contributed by atoms with Crippen LogP contribution < -0.4 is 4.72 Å². The fourth-order valence-corrected chi connectivity index (χ4v) is 4.56. The third-order valence-corrected chi connectivity index (χ3v) is 6.89. The van der Waals surface area contributed by atoms with Crippen molar-refractivity contribution in [3.63, 3.8) is 0 Å². The predicted molar refractivity (Wildman–Crippen MR) is 155 cm³/mol. The van der Waals surface area contributed by atoms with Gasteiger partial charge in [0.05, 0.1) is 17.1 Å². The standard InChI is InChI=1S/C29H28BrN3O5S/c1-2-27(34)18-38-19-28(35)16-21-5-3-20(4-6-21)15-25-17-29(22-7-9-23(30)10-8-22)33(31-25)26-13-11-24(12-14-26)32-39(36)37/h3-14,17,32H,2,15-16,18-19H2,1H3,(H,36,37). The molecule has 1 unspecified atom stereocenters. The topological polar surface area (TPSA) is 111 Å². The van der Waals surface area contributed by atoms with Gasteiger partial charge < -0.3 is 4.74 Å². The molecule has 0 spiro atoms. The van der Waals surface area contributed by atoms with E-state index in [9.17, 15) is 13.8 Å². The van der Waals surface area contributed by atoms with Gasteiger partial charge in [-0.1, -0.05) is 59.3 Å². The zero-order valence-electron chi connectivity index (χ0n) is 21.3. The molecule has 1 aromatic heterocycles. The molecule has 3 aromatic carbocycles. The zero-order valence-corrected chi connectivity index (χ0v) is 23.7. The molecule has 10 heteroatoms. The molecule has 0 radical (unpaired) electrons. The van der Waals surface area contributed by atoms with Crippen LogP contribution in [0.1, 0.15) is 30.2 Å². The average molecular weight is 611 g/mol. The number of hydrogen-bond donors (Lipinski definition) is 2. The lowest BCUT2D eigenvalue weighted by atomic mass is 10.0. The van der Waals surface area contributed by atoms with E-state index in [0.29, 0.717) is 18.5 Å². The Balaban J connectivity index is 1.50. The lowest BCUT2D eigenvalue weighted by molar-refractivity contribution is -0.128. The van der Waals surface area contributed by atoms with Crippen molar-refractivity contribution in [1.82, 2.24) is 9.78 Å². The molecule has 202 valence electrons. The maximum absolute atomic E-state index is 12.2. The smallest absolute Gasteiger partial charge is 0.259 e. The Morgan fingerprint density at radius 3 is 2.23 bits per heavy atom. The second kappa shape index (κ2) is 13.6. The van der Waals surface area contributed by atoms with Gasteiger partial charge in [-0.3, -0.25) is 18.9 Å². The number of benzene rings is 3. The summed E-state index contributed by atoms with van der Waals surface area (Å²) in [5.41, 5.74) is 6.03. The Hall–Kier alpha value is -3.44. The van der Waals surface area contributed by atoms with Crippen LogP contribution in [0.5, 0.6) is 0 Å². The van der Waals surface area contributed by atoms with E-state index in [0.717, 1.165) is 38.2 Å². The lowest BCUT2D eigenvalue weighted by Gasteiger charge is -2.09. The molecular formula is C29H28BrN3O5S. The molecule has 0 bridgehead atoms. The summed E-state index contributed by atoms with van der Waals surface area (Å²) in [7, 11) is 0. The molecule has 2 N–H and O–H groups in total. The van der Waals surface area contributed by atoms with Crippen LogP contribution in [0.15, 0.2) is 83.3 Å². The Labute approximate surface area is 237 Å². The van der Waals surface area contributed by atoms with Crippen molar-refractivity contribution in [3.05, 3.63) is 100 Å². The van der Waals surface area contributed by atoms with Crippen LogP contribution in [0.3, 0.4) is 0 Å². The van der Waals surface area contributed by atoms with Crippen molar-refractivity contribution in [2.75, 3.05) is 17.9 Å². The van der Waals surface area contributed by atoms with Gasteiger partial charge in [0.25, 0.3) is 11.3 Å². The van der Waals surface area contributed by atoms with Crippen LogP contribution in [-0.2, 0) is 38.4 Å². The van der Waals surface area contributed by atoms with Gasteiger partial charge in [0, 0.05) is 35.0 Å². The Bertz CT molecular complexity index is 1450. The number of hydrogen-bond acceptors (Lipinski definition) is 5. The summed E-state index contributed by atoms with van der Waals surface area (Å²) >= 11 is 1.34. The molecule has 0 fully saturated rings.